The molecule has 0 fully saturated rings. The molecule has 0 aliphatic heterocycles. The lowest BCUT2D eigenvalue weighted by Crippen LogP contribution is -2.32. The second-order valence-corrected chi connectivity index (χ2v) is 4.74. The molecule has 0 aromatic heterocycles. The van der Waals surface area contributed by atoms with Crippen LogP contribution in [-0.2, 0) is 0 Å². The Morgan fingerprint density at radius 1 is 1.50 bits per heavy atom. The predicted octanol–water partition coefficient (Wildman–Crippen LogP) is 3.51. The Balaban J connectivity index is 2.90. The number of rotatable bonds is 4. The highest BCUT2D eigenvalue weighted by molar-refractivity contribution is 9.09. The lowest BCUT2D eigenvalue weighted by molar-refractivity contribution is 0.0775. The van der Waals surface area contributed by atoms with Gasteiger partial charge in [-0.1, -0.05) is 27.5 Å². The third-order valence-electron chi connectivity index (χ3n) is 2.43. The van der Waals surface area contributed by atoms with Crippen molar-refractivity contribution in [1.82, 2.24) is 4.90 Å². The first-order valence-electron chi connectivity index (χ1n) is 5.21. The summed E-state index contributed by atoms with van der Waals surface area (Å²) in [5, 5.41) is 1.49. The predicted molar refractivity (Wildman–Crippen MR) is 71.6 cm³/mol. The quantitative estimate of drug-likeness (QED) is 0.780. The maximum atomic E-state index is 12.1. The average Bonchev–Trinajstić information content (AvgIpc) is 2.28. The van der Waals surface area contributed by atoms with E-state index < -0.39 is 0 Å². The molecule has 0 saturated carbocycles. The first kappa shape index (κ1) is 13.5. The normalized spacial score (nSPS) is 10.2. The number of carbonyl (C=O) groups excluding carboxylic acids is 1. The van der Waals surface area contributed by atoms with Crippen LogP contribution in [0.1, 0.15) is 22.8 Å². The van der Waals surface area contributed by atoms with E-state index >= 15 is 0 Å². The van der Waals surface area contributed by atoms with Gasteiger partial charge in [0.15, 0.2) is 0 Å². The topological polar surface area (TPSA) is 20.3 Å². The fourth-order valence-corrected chi connectivity index (χ4v) is 2.01. The van der Waals surface area contributed by atoms with Gasteiger partial charge in [0.05, 0.1) is 0 Å². The zero-order valence-electron chi connectivity index (χ0n) is 9.46. The van der Waals surface area contributed by atoms with Crippen molar-refractivity contribution in [2.45, 2.75) is 13.8 Å². The van der Waals surface area contributed by atoms with Gasteiger partial charge in [0.2, 0.25) is 0 Å². The Hall–Kier alpha value is -0.540. The number of carbonyl (C=O) groups is 1. The van der Waals surface area contributed by atoms with Crippen LogP contribution in [0.5, 0.6) is 0 Å². The molecule has 1 aromatic carbocycles. The standard InChI is InChI=1S/C12H15BrClNO/c1-3-15(7-6-13)12(16)10-4-5-11(14)9(2)8-10/h4-5,8H,3,6-7H2,1-2H3. The lowest BCUT2D eigenvalue weighted by Gasteiger charge is -2.20. The molecule has 4 heteroatoms. The Morgan fingerprint density at radius 2 is 2.19 bits per heavy atom. The number of amides is 1. The summed E-state index contributed by atoms with van der Waals surface area (Å²) in [6.07, 6.45) is 0. The Bertz CT molecular complexity index is 381. The van der Waals surface area contributed by atoms with Crippen molar-refractivity contribution in [3.63, 3.8) is 0 Å². The number of aryl methyl sites for hydroxylation is 1. The number of hydrogen-bond donors (Lipinski definition) is 0. The third kappa shape index (κ3) is 3.22. The molecule has 0 N–H and O–H groups in total. The van der Waals surface area contributed by atoms with Crippen LogP contribution in [0.2, 0.25) is 5.02 Å². The van der Waals surface area contributed by atoms with Gasteiger partial charge in [-0.15, -0.1) is 0 Å². The molecule has 0 aliphatic rings. The first-order valence-corrected chi connectivity index (χ1v) is 6.71. The minimum absolute atomic E-state index is 0.0571. The number of nitrogens with zero attached hydrogens (tertiary/aromatic N) is 1. The molecule has 0 bridgehead atoms. The van der Waals surface area contributed by atoms with Gasteiger partial charge in [0.1, 0.15) is 0 Å². The van der Waals surface area contributed by atoms with E-state index in [9.17, 15) is 4.79 Å². The SMILES string of the molecule is CCN(CCBr)C(=O)c1ccc(Cl)c(C)c1. The van der Waals surface area contributed by atoms with E-state index in [-0.39, 0.29) is 5.91 Å². The lowest BCUT2D eigenvalue weighted by atomic mass is 10.1. The van der Waals surface area contributed by atoms with Gasteiger partial charge < -0.3 is 4.90 Å². The van der Waals surface area contributed by atoms with Gasteiger partial charge in [0.25, 0.3) is 5.91 Å². The zero-order valence-corrected chi connectivity index (χ0v) is 11.8. The monoisotopic (exact) mass is 303 g/mol. The fraction of sp³-hybridized carbons (Fsp3) is 0.417. The van der Waals surface area contributed by atoms with Crippen LogP contribution >= 0.6 is 27.5 Å². The van der Waals surface area contributed by atoms with Crippen molar-refractivity contribution in [1.29, 1.82) is 0 Å². The van der Waals surface area contributed by atoms with Crippen molar-refractivity contribution in [3.05, 3.63) is 34.3 Å². The molecule has 0 atom stereocenters. The van der Waals surface area contributed by atoms with E-state index in [1.807, 2.05) is 19.9 Å². The Kier molecular flexibility index (Phi) is 5.29. The molecule has 0 radical (unpaired) electrons. The number of benzene rings is 1. The summed E-state index contributed by atoms with van der Waals surface area (Å²) in [6.45, 7) is 5.31. The fourth-order valence-electron chi connectivity index (χ4n) is 1.47. The molecule has 0 heterocycles. The summed E-state index contributed by atoms with van der Waals surface area (Å²) in [4.78, 5) is 13.9. The Labute approximate surface area is 110 Å². The van der Waals surface area contributed by atoms with Crippen LogP contribution in [0.15, 0.2) is 18.2 Å². The number of halogens is 2. The molecule has 1 rings (SSSR count). The summed E-state index contributed by atoms with van der Waals surface area (Å²) in [5.74, 6) is 0.0571. The van der Waals surface area contributed by atoms with Crippen LogP contribution in [0.4, 0.5) is 0 Å². The Morgan fingerprint density at radius 3 is 2.69 bits per heavy atom. The molecule has 0 spiro atoms. The zero-order chi connectivity index (χ0) is 12.1. The molecule has 2 nitrogen and oxygen atoms in total. The maximum Gasteiger partial charge on any atom is 0.253 e. The molecule has 1 aromatic rings. The molecular formula is C12H15BrClNO. The highest BCUT2D eigenvalue weighted by Gasteiger charge is 2.13. The third-order valence-corrected chi connectivity index (χ3v) is 3.21. The van der Waals surface area contributed by atoms with Gasteiger partial charge in [0, 0.05) is 29.0 Å². The van der Waals surface area contributed by atoms with Gasteiger partial charge >= 0.3 is 0 Å². The van der Waals surface area contributed by atoms with E-state index in [0.29, 0.717) is 17.1 Å². The van der Waals surface area contributed by atoms with E-state index in [1.54, 1.807) is 17.0 Å². The highest BCUT2D eigenvalue weighted by Crippen LogP contribution is 2.17. The smallest absolute Gasteiger partial charge is 0.253 e. The van der Waals surface area contributed by atoms with Crippen molar-refractivity contribution >= 4 is 33.4 Å². The van der Waals surface area contributed by atoms with Crippen LogP contribution in [0, 0.1) is 6.92 Å². The molecule has 1 amide bonds. The van der Waals surface area contributed by atoms with Gasteiger partial charge in [-0.25, -0.2) is 0 Å². The molecule has 88 valence electrons. The average molecular weight is 305 g/mol. The molecule has 0 unspecified atom stereocenters. The van der Waals surface area contributed by atoms with Gasteiger partial charge in [-0.3, -0.25) is 4.79 Å². The van der Waals surface area contributed by atoms with E-state index in [2.05, 4.69) is 15.9 Å². The summed E-state index contributed by atoms with van der Waals surface area (Å²) in [7, 11) is 0. The summed E-state index contributed by atoms with van der Waals surface area (Å²) >= 11 is 9.27. The second kappa shape index (κ2) is 6.26. The molecular weight excluding hydrogens is 289 g/mol. The van der Waals surface area contributed by atoms with Gasteiger partial charge in [-0.2, -0.15) is 0 Å². The van der Waals surface area contributed by atoms with Crippen LogP contribution < -0.4 is 0 Å². The first-order chi connectivity index (χ1) is 7.60. The van der Waals surface area contributed by atoms with Crippen molar-refractivity contribution < 1.29 is 4.79 Å². The van der Waals surface area contributed by atoms with Crippen molar-refractivity contribution in [3.8, 4) is 0 Å². The summed E-state index contributed by atoms with van der Waals surface area (Å²) in [5.41, 5.74) is 1.63. The van der Waals surface area contributed by atoms with Crippen LogP contribution in [-0.4, -0.2) is 29.2 Å². The van der Waals surface area contributed by atoms with Crippen LogP contribution in [0.3, 0.4) is 0 Å². The summed E-state index contributed by atoms with van der Waals surface area (Å²) in [6, 6.07) is 5.38. The van der Waals surface area contributed by atoms with E-state index in [4.69, 9.17) is 11.6 Å². The molecule has 0 saturated heterocycles. The van der Waals surface area contributed by atoms with E-state index in [1.165, 1.54) is 0 Å². The highest BCUT2D eigenvalue weighted by atomic mass is 79.9. The van der Waals surface area contributed by atoms with Crippen LogP contribution in [0.25, 0.3) is 0 Å². The minimum Gasteiger partial charge on any atom is -0.338 e. The van der Waals surface area contributed by atoms with Crippen molar-refractivity contribution in [2.75, 3.05) is 18.4 Å². The summed E-state index contributed by atoms with van der Waals surface area (Å²) < 4.78 is 0. The van der Waals surface area contributed by atoms with Gasteiger partial charge in [-0.05, 0) is 37.6 Å². The number of alkyl halides is 1. The molecule has 0 aliphatic carbocycles. The molecule has 16 heavy (non-hydrogen) atoms. The van der Waals surface area contributed by atoms with Crippen molar-refractivity contribution in [2.24, 2.45) is 0 Å². The second-order valence-electron chi connectivity index (χ2n) is 3.54. The van der Waals surface area contributed by atoms with E-state index in [0.717, 1.165) is 17.4 Å². The minimum atomic E-state index is 0.0571. The number of hydrogen-bond acceptors (Lipinski definition) is 1. The maximum absolute atomic E-state index is 12.1. The largest absolute Gasteiger partial charge is 0.338 e.